The molecule has 0 N–H and O–H groups in total. The van der Waals surface area contributed by atoms with Crippen LogP contribution >= 0.6 is 0 Å². The van der Waals surface area contributed by atoms with Crippen molar-refractivity contribution in [3.8, 4) is 0 Å². The Morgan fingerprint density at radius 3 is 1.50 bits per heavy atom. The average Bonchev–Trinajstić information content (AvgIpc) is 2.75. The number of ketones is 2. The third kappa shape index (κ3) is 1.97. The first-order chi connectivity index (χ1) is 13.7. The van der Waals surface area contributed by atoms with Crippen molar-refractivity contribution in [1.82, 2.24) is 0 Å². The highest BCUT2D eigenvalue weighted by molar-refractivity contribution is 6.31. The summed E-state index contributed by atoms with van der Waals surface area (Å²) in [5, 5.41) is 6.13. The summed E-state index contributed by atoms with van der Waals surface area (Å²) in [4.78, 5) is 26.6. The maximum atomic E-state index is 13.3. The standard InChI is InChI=1S/C26H14O2/c27-25-21-11-16-6-1-2-7-17(16)12-22(21)26(28)24-14-20-18(13-23(24)25)10-9-15-5-3-4-8-19(15)20/h1-14H. The molecule has 0 heterocycles. The van der Waals surface area contributed by atoms with Gasteiger partial charge in [0.1, 0.15) is 0 Å². The van der Waals surface area contributed by atoms with E-state index in [1.807, 2.05) is 66.7 Å². The van der Waals surface area contributed by atoms with E-state index in [1.165, 1.54) is 0 Å². The average molecular weight is 358 g/mol. The minimum Gasteiger partial charge on any atom is -0.289 e. The van der Waals surface area contributed by atoms with Crippen molar-refractivity contribution >= 4 is 43.9 Å². The Kier molecular flexibility index (Phi) is 2.93. The van der Waals surface area contributed by atoms with Crippen LogP contribution in [-0.2, 0) is 0 Å². The smallest absolute Gasteiger partial charge is 0.194 e. The third-order valence-corrected chi connectivity index (χ3v) is 5.75. The lowest BCUT2D eigenvalue weighted by molar-refractivity contribution is 0.0979. The molecule has 5 aromatic carbocycles. The van der Waals surface area contributed by atoms with Gasteiger partial charge >= 0.3 is 0 Å². The van der Waals surface area contributed by atoms with Gasteiger partial charge in [-0.3, -0.25) is 9.59 Å². The van der Waals surface area contributed by atoms with Crippen LogP contribution < -0.4 is 0 Å². The van der Waals surface area contributed by atoms with Gasteiger partial charge in [-0.2, -0.15) is 0 Å². The molecule has 6 rings (SSSR count). The second-order valence-corrected chi connectivity index (χ2v) is 7.31. The van der Waals surface area contributed by atoms with E-state index in [1.54, 1.807) is 0 Å². The highest BCUT2D eigenvalue weighted by atomic mass is 16.1. The maximum absolute atomic E-state index is 13.3. The first-order valence-electron chi connectivity index (χ1n) is 9.28. The van der Waals surface area contributed by atoms with E-state index in [4.69, 9.17) is 0 Å². The lowest BCUT2D eigenvalue weighted by Gasteiger charge is -2.19. The Hall–Kier alpha value is -3.78. The predicted molar refractivity (Wildman–Crippen MR) is 112 cm³/mol. The monoisotopic (exact) mass is 358 g/mol. The van der Waals surface area contributed by atoms with Gasteiger partial charge in [-0.15, -0.1) is 0 Å². The van der Waals surface area contributed by atoms with Gasteiger partial charge < -0.3 is 0 Å². The topological polar surface area (TPSA) is 34.1 Å². The van der Waals surface area contributed by atoms with Gasteiger partial charge in [-0.05, 0) is 56.6 Å². The summed E-state index contributed by atoms with van der Waals surface area (Å²) in [7, 11) is 0. The van der Waals surface area contributed by atoms with E-state index in [-0.39, 0.29) is 11.6 Å². The molecule has 0 bridgehead atoms. The minimum atomic E-state index is -0.0785. The lowest BCUT2D eigenvalue weighted by atomic mass is 9.81. The van der Waals surface area contributed by atoms with Crippen LogP contribution in [0.2, 0.25) is 0 Å². The Balaban J connectivity index is 1.68. The number of rotatable bonds is 0. The molecule has 2 nitrogen and oxygen atoms in total. The van der Waals surface area contributed by atoms with E-state index in [0.29, 0.717) is 22.3 Å². The molecule has 0 spiro atoms. The molecule has 0 saturated heterocycles. The van der Waals surface area contributed by atoms with Crippen molar-refractivity contribution in [2.75, 3.05) is 0 Å². The molecule has 0 aliphatic heterocycles. The summed E-state index contributed by atoms with van der Waals surface area (Å²) in [6, 6.07) is 27.5. The zero-order valence-electron chi connectivity index (χ0n) is 14.9. The number of carbonyl (C=O) groups excluding carboxylic acids is 2. The molecule has 0 fully saturated rings. The van der Waals surface area contributed by atoms with Crippen molar-refractivity contribution in [3.05, 3.63) is 107 Å². The van der Waals surface area contributed by atoms with Crippen LogP contribution in [0.3, 0.4) is 0 Å². The number of fused-ring (bicyclic) bond motifs is 6. The summed E-state index contributed by atoms with van der Waals surface area (Å²) in [6.45, 7) is 0. The van der Waals surface area contributed by atoms with Gasteiger partial charge in [0.05, 0.1) is 0 Å². The zero-order valence-corrected chi connectivity index (χ0v) is 14.9. The Labute approximate surface area is 161 Å². The molecule has 5 aromatic rings. The van der Waals surface area contributed by atoms with Gasteiger partial charge in [0, 0.05) is 22.3 Å². The molecule has 0 saturated carbocycles. The van der Waals surface area contributed by atoms with Crippen LogP contribution in [0.25, 0.3) is 32.3 Å². The molecule has 130 valence electrons. The molecule has 0 amide bonds. The van der Waals surface area contributed by atoms with Gasteiger partial charge in [0.15, 0.2) is 11.6 Å². The van der Waals surface area contributed by atoms with Gasteiger partial charge in [-0.25, -0.2) is 0 Å². The summed E-state index contributed by atoms with van der Waals surface area (Å²) in [6.07, 6.45) is 0. The van der Waals surface area contributed by atoms with E-state index < -0.39 is 0 Å². The molecule has 2 heteroatoms. The molecular formula is C26H14O2. The molecule has 1 aliphatic carbocycles. The Bertz CT molecular complexity index is 1490. The maximum Gasteiger partial charge on any atom is 0.194 e. The van der Waals surface area contributed by atoms with Gasteiger partial charge in [0.2, 0.25) is 0 Å². The fraction of sp³-hybridized carbons (Fsp3) is 0. The zero-order chi connectivity index (χ0) is 18.8. The van der Waals surface area contributed by atoms with Crippen LogP contribution in [0, 0.1) is 0 Å². The summed E-state index contributed by atoms with van der Waals surface area (Å²) in [5.74, 6) is -0.157. The first kappa shape index (κ1) is 15.3. The molecular weight excluding hydrogens is 344 g/mol. The molecule has 0 aromatic heterocycles. The number of hydrogen-bond acceptors (Lipinski definition) is 2. The summed E-state index contributed by atoms with van der Waals surface area (Å²) in [5.41, 5.74) is 1.99. The number of carbonyl (C=O) groups is 2. The van der Waals surface area contributed by atoms with Crippen molar-refractivity contribution in [2.24, 2.45) is 0 Å². The van der Waals surface area contributed by atoms with Crippen LogP contribution in [0.15, 0.2) is 84.9 Å². The molecule has 1 aliphatic rings. The first-order valence-corrected chi connectivity index (χ1v) is 9.28. The highest BCUT2D eigenvalue weighted by Gasteiger charge is 2.30. The SMILES string of the molecule is O=C1c2cc3ccccc3cc2C(=O)c2cc3c(ccc4ccccc43)cc21. The summed E-state index contributed by atoms with van der Waals surface area (Å²) >= 11 is 0. The van der Waals surface area contributed by atoms with E-state index in [9.17, 15) is 9.59 Å². The fourth-order valence-electron chi connectivity index (χ4n) is 4.34. The van der Waals surface area contributed by atoms with Gasteiger partial charge in [-0.1, -0.05) is 60.7 Å². The van der Waals surface area contributed by atoms with Crippen molar-refractivity contribution < 1.29 is 9.59 Å². The molecule has 0 radical (unpaired) electrons. The summed E-state index contributed by atoms with van der Waals surface area (Å²) < 4.78 is 0. The lowest BCUT2D eigenvalue weighted by Crippen LogP contribution is -2.20. The van der Waals surface area contributed by atoms with Crippen LogP contribution in [0.4, 0.5) is 0 Å². The normalized spacial score (nSPS) is 13.1. The molecule has 0 unspecified atom stereocenters. The van der Waals surface area contributed by atoms with Crippen LogP contribution in [0.5, 0.6) is 0 Å². The predicted octanol–water partition coefficient (Wildman–Crippen LogP) is 5.92. The van der Waals surface area contributed by atoms with E-state index in [2.05, 4.69) is 18.2 Å². The second-order valence-electron chi connectivity index (χ2n) is 7.31. The number of benzene rings is 5. The van der Waals surface area contributed by atoms with Crippen LogP contribution in [-0.4, -0.2) is 11.6 Å². The fourth-order valence-corrected chi connectivity index (χ4v) is 4.34. The van der Waals surface area contributed by atoms with E-state index >= 15 is 0 Å². The minimum absolute atomic E-state index is 0.0783. The highest BCUT2D eigenvalue weighted by Crippen LogP contribution is 2.35. The van der Waals surface area contributed by atoms with Crippen molar-refractivity contribution in [1.29, 1.82) is 0 Å². The largest absolute Gasteiger partial charge is 0.289 e. The van der Waals surface area contributed by atoms with Crippen molar-refractivity contribution in [2.45, 2.75) is 0 Å². The van der Waals surface area contributed by atoms with Gasteiger partial charge in [0.25, 0.3) is 0 Å². The molecule has 28 heavy (non-hydrogen) atoms. The number of hydrogen-bond donors (Lipinski definition) is 0. The third-order valence-electron chi connectivity index (χ3n) is 5.75. The van der Waals surface area contributed by atoms with Crippen LogP contribution in [0.1, 0.15) is 31.8 Å². The van der Waals surface area contributed by atoms with Crippen molar-refractivity contribution in [3.63, 3.8) is 0 Å². The molecule has 0 atom stereocenters. The second kappa shape index (κ2) is 5.37. The quantitative estimate of drug-likeness (QED) is 0.316. The van der Waals surface area contributed by atoms with E-state index in [0.717, 1.165) is 32.3 Å². The Morgan fingerprint density at radius 1 is 0.393 bits per heavy atom. The Morgan fingerprint density at radius 2 is 0.857 bits per heavy atom.